The number of amides is 1. The van der Waals surface area contributed by atoms with E-state index in [-0.39, 0.29) is 35.5 Å². The molecule has 1 atom stereocenters. The van der Waals surface area contributed by atoms with Crippen molar-refractivity contribution in [3.8, 4) is 0 Å². The maximum atomic E-state index is 12.6. The zero-order valence-corrected chi connectivity index (χ0v) is 15.0. The highest BCUT2D eigenvalue weighted by Gasteiger charge is 2.20. The van der Waals surface area contributed by atoms with Crippen LogP contribution in [-0.4, -0.2) is 30.3 Å². The van der Waals surface area contributed by atoms with Crippen LogP contribution in [0.25, 0.3) is 0 Å². The quantitative estimate of drug-likeness (QED) is 0.583. The highest BCUT2D eigenvalue weighted by molar-refractivity contribution is 6.14. The van der Waals surface area contributed by atoms with Gasteiger partial charge < -0.3 is 10.1 Å². The zero-order valence-electron chi connectivity index (χ0n) is 15.0. The second kappa shape index (κ2) is 9.51. The first-order valence-corrected chi connectivity index (χ1v) is 8.68. The molecule has 0 radical (unpaired) electrons. The van der Waals surface area contributed by atoms with Gasteiger partial charge in [0.2, 0.25) is 0 Å². The van der Waals surface area contributed by atoms with Crippen LogP contribution in [0.1, 0.15) is 53.0 Å². The SMILES string of the molecule is CCCC(C)NC(=O)COC(=O)c1ccccc1C(=O)c1ccccc1. The summed E-state index contributed by atoms with van der Waals surface area (Å²) in [5, 5.41) is 2.77. The van der Waals surface area contributed by atoms with Crippen molar-refractivity contribution in [3.05, 3.63) is 71.3 Å². The van der Waals surface area contributed by atoms with Gasteiger partial charge in [0.1, 0.15) is 0 Å². The van der Waals surface area contributed by atoms with Gasteiger partial charge in [-0.25, -0.2) is 4.79 Å². The van der Waals surface area contributed by atoms with Crippen molar-refractivity contribution in [1.82, 2.24) is 5.32 Å². The van der Waals surface area contributed by atoms with E-state index < -0.39 is 5.97 Å². The first-order valence-electron chi connectivity index (χ1n) is 8.68. The average Bonchev–Trinajstić information content (AvgIpc) is 2.66. The highest BCUT2D eigenvalue weighted by Crippen LogP contribution is 2.15. The molecule has 0 fully saturated rings. The van der Waals surface area contributed by atoms with E-state index in [0.717, 1.165) is 12.8 Å². The number of esters is 1. The van der Waals surface area contributed by atoms with Gasteiger partial charge in [0.05, 0.1) is 5.56 Å². The number of nitrogens with one attached hydrogen (secondary N) is 1. The van der Waals surface area contributed by atoms with Gasteiger partial charge in [0, 0.05) is 17.2 Å². The third-order valence-electron chi connectivity index (χ3n) is 3.89. The van der Waals surface area contributed by atoms with Crippen LogP contribution < -0.4 is 5.32 Å². The summed E-state index contributed by atoms with van der Waals surface area (Å²) in [6.07, 6.45) is 1.81. The third kappa shape index (κ3) is 5.28. The Morgan fingerprint density at radius 2 is 1.58 bits per heavy atom. The van der Waals surface area contributed by atoms with Crippen LogP contribution in [0, 0.1) is 0 Å². The molecule has 0 saturated heterocycles. The number of ether oxygens (including phenoxy) is 1. The molecule has 0 saturated carbocycles. The molecule has 1 amide bonds. The fourth-order valence-corrected chi connectivity index (χ4v) is 2.63. The van der Waals surface area contributed by atoms with Crippen molar-refractivity contribution in [2.24, 2.45) is 0 Å². The van der Waals surface area contributed by atoms with E-state index in [0.29, 0.717) is 5.56 Å². The lowest BCUT2D eigenvalue weighted by molar-refractivity contribution is -0.124. The smallest absolute Gasteiger partial charge is 0.339 e. The largest absolute Gasteiger partial charge is 0.452 e. The molecule has 5 nitrogen and oxygen atoms in total. The van der Waals surface area contributed by atoms with Crippen LogP contribution in [-0.2, 0) is 9.53 Å². The number of benzene rings is 2. The minimum absolute atomic E-state index is 0.0261. The van der Waals surface area contributed by atoms with Crippen molar-refractivity contribution in [2.45, 2.75) is 32.7 Å². The van der Waals surface area contributed by atoms with E-state index in [9.17, 15) is 14.4 Å². The van der Waals surface area contributed by atoms with Gasteiger partial charge in [0.25, 0.3) is 5.91 Å². The molecule has 0 heterocycles. The van der Waals surface area contributed by atoms with Gasteiger partial charge in [-0.2, -0.15) is 0 Å². The van der Waals surface area contributed by atoms with Crippen LogP contribution in [0.15, 0.2) is 54.6 Å². The Bertz CT molecular complexity index is 771. The summed E-state index contributed by atoms with van der Waals surface area (Å²) >= 11 is 0. The average molecular weight is 353 g/mol. The van der Waals surface area contributed by atoms with Crippen molar-refractivity contribution >= 4 is 17.7 Å². The van der Waals surface area contributed by atoms with Crippen LogP contribution in [0.5, 0.6) is 0 Å². The first-order chi connectivity index (χ1) is 12.5. The number of carbonyl (C=O) groups is 3. The van der Waals surface area contributed by atoms with Crippen LogP contribution in [0.2, 0.25) is 0 Å². The van der Waals surface area contributed by atoms with Crippen molar-refractivity contribution in [1.29, 1.82) is 0 Å². The van der Waals surface area contributed by atoms with Gasteiger partial charge >= 0.3 is 5.97 Å². The summed E-state index contributed by atoms with van der Waals surface area (Å²) in [4.78, 5) is 36.9. The lowest BCUT2D eigenvalue weighted by Gasteiger charge is -2.13. The molecule has 26 heavy (non-hydrogen) atoms. The van der Waals surface area contributed by atoms with E-state index in [1.54, 1.807) is 42.5 Å². The molecule has 0 aliphatic carbocycles. The molecule has 1 N–H and O–H groups in total. The molecular formula is C21H23NO4. The predicted molar refractivity (Wildman–Crippen MR) is 99.1 cm³/mol. The summed E-state index contributed by atoms with van der Waals surface area (Å²) in [6, 6.07) is 15.2. The minimum Gasteiger partial charge on any atom is -0.452 e. The summed E-state index contributed by atoms with van der Waals surface area (Å²) < 4.78 is 5.09. The number of rotatable bonds is 8. The zero-order chi connectivity index (χ0) is 18.9. The van der Waals surface area contributed by atoms with Crippen LogP contribution >= 0.6 is 0 Å². The summed E-state index contributed by atoms with van der Waals surface area (Å²) in [5.74, 6) is -1.31. The van der Waals surface area contributed by atoms with Crippen molar-refractivity contribution in [3.63, 3.8) is 0 Å². The Kier molecular flexibility index (Phi) is 7.09. The molecular weight excluding hydrogens is 330 g/mol. The lowest BCUT2D eigenvalue weighted by Crippen LogP contribution is -2.35. The Balaban J connectivity index is 2.06. The van der Waals surface area contributed by atoms with E-state index in [1.807, 2.05) is 19.9 Å². The summed E-state index contributed by atoms with van der Waals surface area (Å²) in [6.45, 7) is 3.56. The fourth-order valence-electron chi connectivity index (χ4n) is 2.63. The molecule has 0 aliphatic rings. The molecule has 2 rings (SSSR count). The molecule has 0 spiro atoms. The number of ketones is 1. The maximum absolute atomic E-state index is 12.6. The normalized spacial score (nSPS) is 11.5. The van der Waals surface area contributed by atoms with Crippen molar-refractivity contribution < 1.29 is 19.1 Å². The van der Waals surface area contributed by atoms with Gasteiger partial charge in [0.15, 0.2) is 12.4 Å². The van der Waals surface area contributed by atoms with Gasteiger partial charge in [-0.15, -0.1) is 0 Å². The molecule has 0 aliphatic heterocycles. The number of carbonyl (C=O) groups excluding carboxylic acids is 3. The maximum Gasteiger partial charge on any atom is 0.339 e. The van der Waals surface area contributed by atoms with E-state index in [4.69, 9.17) is 4.74 Å². The van der Waals surface area contributed by atoms with Crippen LogP contribution in [0.4, 0.5) is 0 Å². The lowest BCUT2D eigenvalue weighted by atomic mass is 9.98. The predicted octanol–water partition coefficient (Wildman–Crippen LogP) is 3.38. The topological polar surface area (TPSA) is 72.5 Å². The molecule has 5 heteroatoms. The minimum atomic E-state index is -0.692. The number of hydrogen-bond donors (Lipinski definition) is 1. The second-order valence-electron chi connectivity index (χ2n) is 6.07. The standard InChI is InChI=1S/C21H23NO4/c1-3-9-15(2)22-19(23)14-26-21(25)18-13-8-7-12-17(18)20(24)16-10-5-4-6-11-16/h4-8,10-13,15H,3,9,14H2,1-2H3,(H,22,23). The Hall–Kier alpha value is -2.95. The van der Waals surface area contributed by atoms with Gasteiger partial charge in [-0.1, -0.05) is 61.9 Å². The summed E-state index contributed by atoms with van der Waals surface area (Å²) in [5.41, 5.74) is 0.887. The number of hydrogen-bond acceptors (Lipinski definition) is 4. The molecule has 1 unspecified atom stereocenters. The highest BCUT2D eigenvalue weighted by atomic mass is 16.5. The first kappa shape index (κ1) is 19.4. The third-order valence-corrected chi connectivity index (χ3v) is 3.89. The summed E-state index contributed by atoms with van der Waals surface area (Å²) in [7, 11) is 0. The molecule has 136 valence electrons. The molecule has 2 aromatic carbocycles. The van der Waals surface area contributed by atoms with E-state index in [1.165, 1.54) is 6.07 Å². The van der Waals surface area contributed by atoms with Gasteiger partial charge in [-0.05, 0) is 19.4 Å². The monoisotopic (exact) mass is 353 g/mol. The fraction of sp³-hybridized carbons (Fsp3) is 0.286. The van der Waals surface area contributed by atoms with E-state index in [2.05, 4.69) is 5.32 Å². The Morgan fingerprint density at radius 1 is 0.962 bits per heavy atom. The molecule has 0 bridgehead atoms. The van der Waals surface area contributed by atoms with Gasteiger partial charge in [-0.3, -0.25) is 9.59 Å². The Labute approximate surface area is 153 Å². The molecule has 0 aromatic heterocycles. The van der Waals surface area contributed by atoms with Crippen molar-refractivity contribution in [2.75, 3.05) is 6.61 Å². The molecule has 2 aromatic rings. The second-order valence-corrected chi connectivity index (χ2v) is 6.07. The Morgan fingerprint density at radius 3 is 2.23 bits per heavy atom. The van der Waals surface area contributed by atoms with Crippen LogP contribution in [0.3, 0.4) is 0 Å². The van der Waals surface area contributed by atoms with E-state index >= 15 is 0 Å².